The second kappa shape index (κ2) is 9.01. The molecule has 0 fully saturated rings. The monoisotopic (exact) mass is 453 g/mol. The molecule has 9 heteroatoms. The number of hydrogen-bond donors (Lipinski definition) is 1. The Morgan fingerprint density at radius 2 is 1.81 bits per heavy atom. The third-order valence-electron chi connectivity index (χ3n) is 3.65. The zero-order valence-corrected chi connectivity index (χ0v) is 17.5. The predicted molar refractivity (Wildman–Crippen MR) is 110 cm³/mol. The van der Waals surface area contributed by atoms with Crippen LogP contribution in [-0.4, -0.2) is 39.9 Å². The molecule has 0 aromatic heterocycles. The summed E-state index contributed by atoms with van der Waals surface area (Å²) in [6.07, 6.45) is 1.03. The molecular weight excluding hydrogens is 434 g/mol. The van der Waals surface area contributed by atoms with E-state index in [0.717, 1.165) is 20.6 Å². The summed E-state index contributed by atoms with van der Waals surface area (Å²) in [5, 5.41) is 4.04. The third-order valence-corrected chi connectivity index (χ3v) is 5.31. The zero-order chi connectivity index (χ0) is 20.0. The van der Waals surface area contributed by atoms with Gasteiger partial charge in [0.25, 0.3) is 5.91 Å². The quantitative estimate of drug-likeness (QED) is 0.515. The topological polar surface area (TPSA) is 88.1 Å². The van der Waals surface area contributed by atoms with Gasteiger partial charge in [0.2, 0.25) is 10.0 Å². The molecule has 0 aliphatic rings. The van der Waals surface area contributed by atoms with E-state index in [1.807, 2.05) is 24.3 Å². The minimum Gasteiger partial charge on any atom is -0.495 e. The van der Waals surface area contributed by atoms with Gasteiger partial charge in [-0.15, -0.1) is 0 Å². The molecule has 0 radical (unpaired) electrons. The number of benzene rings is 2. The van der Waals surface area contributed by atoms with Crippen LogP contribution in [0.25, 0.3) is 0 Å². The summed E-state index contributed by atoms with van der Waals surface area (Å²) in [4.78, 5) is 12.3. The molecule has 0 bridgehead atoms. The van der Waals surface area contributed by atoms with Crippen LogP contribution >= 0.6 is 15.9 Å². The van der Waals surface area contributed by atoms with Gasteiger partial charge in [-0.1, -0.05) is 40.2 Å². The number of amides is 1. The highest BCUT2D eigenvalue weighted by Gasteiger charge is 2.23. The summed E-state index contributed by atoms with van der Waals surface area (Å²) in [6, 6.07) is 14.0. The number of halogens is 1. The van der Waals surface area contributed by atoms with Crippen LogP contribution in [0.1, 0.15) is 12.5 Å². The maximum atomic E-state index is 12.3. The molecule has 7 nitrogen and oxygen atoms in total. The molecule has 144 valence electrons. The number of nitrogens with one attached hydrogen (secondary N) is 1. The van der Waals surface area contributed by atoms with E-state index in [1.54, 1.807) is 31.2 Å². The maximum absolute atomic E-state index is 12.3. The number of methoxy groups -OCH3 is 1. The van der Waals surface area contributed by atoms with Gasteiger partial charge < -0.3 is 4.74 Å². The van der Waals surface area contributed by atoms with Gasteiger partial charge in [-0.05, 0) is 36.8 Å². The van der Waals surface area contributed by atoms with Gasteiger partial charge in [-0.2, -0.15) is 5.10 Å². The summed E-state index contributed by atoms with van der Waals surface area (Å²) in [7, 11) is -2.27. The minimum absolute atomic E-state index is 0.284. The largest absolute Gasteiger partial charge is 0.495 e. The molecule has 0 heterocycles. The fraction of sp³-hybridized carbons (Fsp3) is 0.222. The number of hydrazone groups is 1. The molecule has 2 aromatic carbocycles. The molecule has 2 rings (SSSR count). The lowest BCUT2D eigenvalue weighted by Gasteiger charge is -2.23. The number of carbonyl (C=O) groups excluding carboxylic acids is 1. The first-order valence-electron chi connectivity index (χ1n) is 7.92. The number of rotatable bonds is 7. The zero-order valence-electron chi connectivity index (χ0n) is 15.1. The summed E-state index contributed by atoms with van der Waals surface area (Å²) >= 11 is 3.35. The van der Waals surface area contributed by atoms with Gasteiger partial charge in [-0.3, -0.25) is 9.10 Å². The number of carbonyl (C=O) groups is 1. The summed E-state index contributed by atoms with van der Waals surface area (Å²) in [5.41, 5.74) is 4.11. The first kappa shape index (κ1) is 20.9. The molecule has 1 amide bonds. The second-order valence-corrected chi connectivity index (χ2v) is 8.50. The Kier molecular flexibility index (Phi) is 6.98. The van der Waals surface area contributed by atoms with Crippen molar-refractivity contribution in [1.82, 2.24) is 5.43 Å². The average Bonchev–Trinajstić information content (AvgIpc) is 2.63. The van der Waals surface area contributed by atoms with E-state index in [1.165, 1.54) is 7.11 Å². The van der Waals surface area contributed by atoms with Gasteiger partial charge in [-0.25, -0.2) is 13.8 Å². The van der Waals surface area contributed by atoms with Crippen LogP contribution in [0.15, 0.2) is 58.1 Å². The van der Waals surface area contributed by atoms with Crippen LogP contribution in [-0.2, 0) is 14.8 Å². The van der Waals surface area contributed by atoms with E-state index in [9.17, 15) is 13.2 Å². The third kappa shape index (κ3) is 5.80. The van der Waals surface area contributed by atoms with Gasteiger partial charge in [0.1, 0.15) is 12.3 Å². The van der Waals surface area contributed by atoms with Crippen molar-refractivity contribution in [2.45, 2.75) is 6.92 Å². The SMILES string of the molecule is COc1ccccc1N(CC(=O)N/N=C(/C)c1ccc(Br)cc1)S(C)(=O)=O. The first-order chi connectivity index (χ1) is 12.7. The van der Waals surface area contributed by atoms with Crippen molar-refractivity contribution in [3.63, 3.8) is 0 Å². The Balaban J connectivity index is 2.17. The second-order valence-electron chi connectivity index (χ2n) is 5.68. The smallest absolute Gasteiger partial charge is 0.260 e. The molecule has 0 saturated heterocycles. The van der Waals surface area contributed by atoms with Crippen molar-refractivity contribution in [2.75, 3.05) is 24.2 Å². The number of hydrogen-bond acceptors (Lipinski definition) is 5. The lowest BCUT2D eigenvalue weighted by Crippen LogP contribution is -2.39. The Labute approximate surface area is 167 Å². The van der Waals surface area contributed by atoms with Gasteiger partial charge in [0, 0.05) is 4.47 Å². The van der Waals surface area contributed by atoms with Crippen molar-refractivity contribution in [2.24, 2.45) is 5.10 Å². The van der Waals surface area contributed by atoms with E-state index < -0.39 is 22.5 Å². The molecule has 27 heavy (non-hydrogen) atoms. The molecule has 2 aromatic rings. The Hall–Kier alpha value is -2.39. The molecule has 0 aliphatic heterocycles. The highest BCUT2D eigenvalue weighted by atomic mass is 79.9. The highest BCUT2D eigenvalue weighted by molar-refractivity contribution is 9.10. The first-order valence-corrected chi connectivity index (χ1v) is 10.6. The van der Waals surface area contributed by atoms with Crippen molar-refractivity contribution >= 4 is 43.3 Å². The average molecular weight is 454 g/mol. The molecule has 1 N–H and O–H groups in total. The van der Waals surface area contributed by atoms with Gasteiger partial charge in [0.05, 0.1) is 24.8 Å². The minimum atomic E-state index is -3.70. The standard InChI is InChI=1S/C18H20BrN3O4S/c1-13(14-8-10-15(19)11-9-14)20-21-18(23)12-22(27(3,24)25)16-6-4-5-7-17(16)26-2/h4-11H,12H2,1-3H3,(H,21,23)/b20-13-. The molecular formula is C18H20BrN3O4S. The van der Waals surface area contributed by atoms with Crippen LogP contribution in [0.4, 0.5) is 5.69 Å². The Morgan fingerprint density at radius 1 is 1.19 bits per heavy atom. The number of para-hydroxylation sites is 2. The fourth-order valence-corrected chi connectivity index (χ4v) is 3.41. The number of sulfonamides is 1. The van der Waals surface area contributed by atoms with Crippen LogP contribution in [0.5, 0.6) is 5.75 Å². The normalized spacial score (nSPS) is 11.8. The molecule has 0 atom stereocenters. The molecule has 0 unspecified atom stereocenters. The van der Waals surface area contributed by atoms with Gasteiger partial charge >= 0.3 is 0 Å². The predicted octanol–water partition coefficient (Wildman–Crippen LogP) is 2.76. The number of nitrogens with zero attached hydrogens (tertiary/aromatic N) is 2. The summed E-state index contributed by atoms with van der Waals surface area (Å²) in [6.45, 7) is 1.33. The van der Waals surface area contributed by atoms with Crippen molar-refractivity contribution in [1.29, 1.82) is 0 Å². The van der Waals surface area contributed by atoms with E-state index in [2.05, 4.69) is 26.5 Å². The van der Waals surface area contributed by atoms with Crippen LogP contribution < -0.4 is 14.5 Å². The Bertz CT molecular complexity index is 943. The molecule has 0 saturated carbocycles. The van der Waals surface area contributed by atoms with E-state index in [-0.39, 0.29) is 5.69 Å². The highest BCUT2D eigenvalue weighted by Crippen LogP contribution is 2.29. The van der Waals surface area contributed by atoms with E-state index in [4.69, 9.17) is 4.74 Å². The lowest BCUT2D eigenvalue weighted by atomic mass is 10.1. The van der Waals surface area contributed by atoms with Crippen molar-refractivity contribution in [3.8, 4) is 5.75 Å². The fourth-order valence-electron chi connectivity index (χ4n) is 2.28. The van der Waals surface area contributed by atoms with Crippen molar-refractivity contribution in [3.05, 3.63) is 58.6 Å². The maximum Gasteiger partial charge on any atom is 0.260 e. The van der Waals surface area contributed by atoms with Crippen LogP contribution in [0.3, 0.4) is 0 Å². The number of ether oxygens (including phenoxy) is 1. The number of anilines is 1. The van der Waals surface area contributed by atoms with E-state index >= 15 is 0 Å². The Morgan fingerprint density at radius 3 is 2.41 bits per heavy atom. The lowest BCUT2D eigenvalue weighted by molar-refractivity contribution is -0.119. The van der Waals surface area contributed by atoms with Gasteiger partial charge in [0.15, 0.2) is 0 Å². The molecule has 0 spiro atoms. The van der Waals surface area contributed by atoms with Crippen LogP contribution in [0.2, 0.25) is 0 Å². The molecule has 0 aliphatic carbocycles. The van der Waals surface area contributed by atoms with E-state index in [0.29, 0.717) is 11.5 Å². The van der Waals surface area contributed by atoms with Crippen molar-refractivity contribution < 1.29 is 17.9 Å². The summed E-state index contributed by atoms with van der Waals surface area (Å²) < 4.78 is 31.5. The van der Waals surface area contributed by atoms with Crippen LogP contribution in [0, 0.1) is 0 Å². The summed E-state index contributed by atoms with van der Waals surface area (Å²) in [5.74, 6) is -0.215.